The molecule has 0 saturated heterocycles. The van der Waals surface area contributed by atoms with Crippen LogP contribution in [0.3, 0.4) is 0 Å². The lowest BCUT2D eigenvalue weighted by molar-refractivity contribution is 0.0954. The van der Waals surface area contributed by atoms with Gasteiger partial charge in [-0.2, -0.15) is 5.10 Å². The third-order valence-electron chi connectivity index (χ3n) is 5.19. The maximum atomic E-state index is 12.6. The van der Waals surface area contributed by atoms with E-state index in [0.29, 0.717) is 18.7 Å². The Morgan fingerprint density at radius 3 is 2.52 bits per heavy atom. The number of rotatable bonds is 7. The molecule has 0 unspecified atom stereocenters. The van der Waals surface area contributed by atoms with E-state index in [2.05, 4.69) is 51.1 Å². The maximum absolute atomic E-state index is 12.6. The Balaban J connectivity index is 1.32. The highest BCUT2D eigenvalue weighted by Crippen LogP contribution is 2.21. The summed E-state index contributed by atoms with van der Waals surface area (Å²) in [7, 11) is 0. The number of thiazole rings is 1. The molecule has 0 bridgehead atoms. The summed E-state index contributed by atoms with van der Waals surface area (Å²) in [5.41, 5.74) is 7.18. The molecule has 0 spiro atoms. The highest BCUT2D eigenvalue weighted by atomic mass is 32.1. The van der Waals surface area contributed by atoms with Crippen molar-refractivity contribution in [3.63, 3.8) is 0 Å². The summed E-state index contributed by atoms with van der Waals surface area (Å²) < 4.78 is 1.96. The Labute approximate surface area is 186 Å². The molecule has 0 aliphatic carbocycles. The van der Waals surface area contributed by atoms with Gasteiger partial charge >= 0.3 is 0 Å². The molecule has 0 aliphatic rings. The second-order valence-electron chi connectivity index (χ2n) is 7.74. The SMILES string of the molecule is Cc1cc(C)n(Cc2cccc(C(=O)NCCc3ccc(-c4csc(C)n4)cc3)c2)n1. The molecule has 2 aromatic carbocycles. The first kappa shape index (κ1) is 21.0. The van der Waals surface area contributed by atoms with Crippen LogP contribution in [0.4, 0.5) is 0 Å². The van der Waals surface area contributed by atoms with Gasteiger partial charge in [-0.25, -0.2) is 4.98 Å². The zero-order valence-corrected chi connectivity index (χ0v) is 18.9. The van der Waals surface area contributed by atoms with Crippen molar-refractivity contribution in [3.05, 3.63) is 93.1 Å². The average molecular weight is 431 g/mol. The van der Waals surface area contributed by atoms with Crippen molar-refractivity contribution < 1.29 is 4.79 Å². The molecule has 0 atom stereocenters. The number of benzene rings is 2. The first-order valence-electron chi connectivity index (χ1n) is 10.4. The number of hydrogen-bond acceptors (Lipinski definition) is 4. The van der Waals surface area contributed by atoms with E-state index in [-0.39, 0.29) is 5.91 Å². The van der Waals surface area contributed by atoms with E-state index in [1.54, 1.807) is 11.3 Å². The Morgan fingerprint density at radius 1 is 1.03 bits per heavy atom. The van der Waals surface area contributed by atoms with Crippen molar-refractivity contribution in [3.8, 4) is 11.3 Å². The molecule has 0 saturated carbocycles. The molecule has 5 nitrogen and oxygen atoms in total. The molecule has 2 heterocycles. The van der Waals surface area contributed by atoms with E-state index >= 15 is 0 Å². The lowest BCUT2D eigenvalue weighted by Crippen LogP contribution is -2.25. The highest BCUT2D eigenvalue weighted by Gasteiger charge is 2.08. The number of amides is 1. The van der Waals surface area contributed by atoms with Crippen molar-refractivity contribution in [1.29, 1.82) is 0 Å². The van der Waals surface area contributed by atoms with E-state index in [4.69, 9.17) is 0 Å². The van der Waals surface area contributed by atoms with Crippen LogP contribution in [0, 0.1) is 20.8 Å². The van der Waals surface area contributed by atoms with Gasteiger partial charge in [-0.15, -0.1) is 11.3 Å². The summed E-state index contributed by atoms with van der Waals surface area (Å²) in [4.78, 5) is 17.1. The van der Waals surface area contributed by atoms with Gasteiger partial charge in [0.05, 0.1) is 22.9 Å². The molecule has 6 heteroatoms. The Morgan fingerprint density at radius 2 is 1.84 bits per heavy atom. The van der Waals surface area contributed by atoms with Gasteiger partial charge in [0.15, 0.2) is 0 Å². The van der Waals surface area contributed by atoms with Crippen molar-refractivity contribution in [2.45, 2.75) is 33.7 Å². The van der Waals surface area contributed by atoms with E-state index in [9.17, 15) is 4.79 Å². The molecular formula is C25H26N4OS. The summed E-state index contributed by atoms with van der Waals surface area (Å²) in [5, 5.41) is 10.7. The average Bonchev–Trinajstić information content (AvgIpc) is 3.33. The van der Waals surface area contributed by atoms with Crippen LogP contribution >= 0.6 is 11.3 Å². The normalized spacial score (nSPS) is 10.9. The van der Waals surface area contributed by atoms with Crippen molar-refractivity contribution >= 4 is 17.2 Å². The van der Waals surface area contributed by atoms with Crippen LogP contribution in [0.25, 0.3) is 11.3 Å². The number of carbonyl (C=O) groups excluding carboxylic acids is 1. The van der Waals surface area contributed by atoms with E-state index < -0.39 is 0 Å². The number of nitrogens with one attached hydrogen (secondary N) is 1. The van der Waals surface area contributed by atoms with Gasteiger partial charge in [-0.3, -0.25) is 9.48 Å². The molecule has 2 aromatic heterocycles. The fourth-order valence-electron chi connectivity index (χ4n) is 3.58. The predicted molar refractivity (Wildman–Crippen MR) is 126 cm³/mol. The van der Waals surface area contributed by atoms with Crippen molar-refractivity contribution in [2.24, 2.45) is 0 Å². The van der Waals surface area contributed by atoms with Gasteiger partial charge in [-0.1, -0.05) is 36.4 Å². The van der Waals surface area contributed by atoms with Crippen LogP contribution in [-0.4, -0.2) is 27.2 Å². The Hall–Kier alpha value is -3.25. The number of carbonyl (C=O) groups is 1. The number of nitrogens with zero attached hydrogens (tertiary/aromatic N) is 3. The zero-order chi connectivity index (χ0) is 21.8. The Kier molecular flexibility index (Phi) is 6.28. The number of aromatic nitrogens is 3. The summed E-state index contributed by atoms with van der Waals surface area (Å²) in [6.07, 6.45) is 0.785. The maximum Gasteiger partial charge on any atom is 0.251 e. The second-order valence-corrected chi connectivity index (χ2v) is 8.80. The van der Waals surface area contributed by atoms with Gasteiger partial charge in [-0.05, 0) is 56.5 Å². The molecule has 31 heavy (non-hydrogen) atoms. The summed E-state index contributed by atoms with van der Waals surface area (Å²) in [6, 6.07) is 18.2. The number of hydrogen-bond donors (Lipinski definition) is 1. The van der Waals surface area contributed by atoms with E-state index in [1.807, 2.05) is 49.7 Å². The molecular weight excluding hydrogens is 404 g/mol. The third kappa shape index (κ3) is 5.27. The molecule has 0 radical (unpaired) electrons. The standard InChI is InChI=1S/C25H26N4OS/c1-17-13-18(2)29(28-17)15-21-5-4-6-23(14-21)25(30)26-12-11-20-7-9-22(10-8-20)24-16-31-19(3)27-24/h4-10,13-14,16H,11-12,15H2,1-3H3,(H,26,30). The summed E-state index contributed by atoms with van der Waals surface area (Å²) in [6.45, 7) is 7.30. The van der Waals surface area contributed by atoms with Crippen LogP contribution < -0.4 is 5.32 Å². The van der Waals surface area contributed by atoms with Crippen molar-refractivity contribution in [1.82, 2.24) is 20.1 Å². The lowest BCUT2D eigenvalue weighted by Gasteiger charge is -2.09. The van der Waals surface area contributed by atoms with Gasteiger partial charge in [0.1, 0.15) is 0 Å². The molecule has 4 aromatic rings. The fourth-order valence-corrected chi connectivity index (χ4v) is 4.20. The molecule has 4 rings (SSSR count). The minimum Gasteiger partial charge on any atom is -0.352 e. The first-order valence-corrected chi connectivity index (χ1v) is 11.3. The van der Waals surface area contributed by atoms with Crippen molar-refractivity contribution in [2.75, 3.05) is 6.54 Å². The van der Waals surface area contributed by atoms with Gasteiger partial charge in [0, 0.05) is 28.7 Å². The largest absolute Gasteiger partial charge is 0.352 e. The minimum atomic E-state index is -0.0511. The quantitative estimate of drug-likeness (QED) is 0.451. The molecule has 0 aliphatic heterocycles. The predicted octanol–water partition coefficient (Wildman–Crippen LogP) is 4.95. The van der Waals surface area contributed by atoms with Gasteiger partial charge in [0.2, 0.25) is 0 Å². The van der Waals surface area contributed by atoms with Gasteiger partial charge in [0.25, 0.3) is 5.91 Å². The van der Waals surface area contributed by atoms with Crippen LogP contribution in [0.5, 0.6) is 0 Å². The highest BCUT2D eigenvalue weighted by molar-refractivity contribution is 7.09. The molecule has 1 amide bonds. The molecule has 158 valence electrons. The van der Waals surface area contributed by atoms with Crippen LogP contribution in [0.15, 0.2) is 60.0 Å². The molecule has 0 fully saturated rings. The zero-order valence-electron chi connectivity index (χ0n) is 18.1. The summed E-state index contributed by atoms with van der Waals surface area (Å²) >= 11 is 1.66. The third-order valence-corrected chi connectivity index (χ3v) is 5.97. The monoisotopic (exact) mass is 430 g/mol. The smallest absolute Gasteiger partial charge is 0.251 e. The summed E-state index contributed by atoms with van der Waals surface area (Å²) in [5.74, 6) is -0.0511. The lowest BCUT2D eigenvalue weighted by atomic mass is 10.1. The van der Waals surface area contributed by atoms with Crippen LogP contribution in [0.1, 0.15) is 37.9 Å². The van der Waals surface area contributed by atoms with Gasteiger partial charge < -0.3 is 5.32 Å². The van der Waals surface area contributed by atoms with E-state index in [1.165, 1.54) is 5.56 Å². The Bertz CT molecular complexity index is 1190. The fraction of sp³-hybridized carbons (Fsp3) is 0.240. The molecule has 1 N–H and O–H groups in total. The second kappa shape index (κ2) is 9.27. The van der Waals surface area contributed by atoms with Crippen LogP contribution in [0.2, 0.25) is 0 Å². The number of aryl methyl sites for hydroxylation is 3. The minimum absolute atomic E-state index is 0.0511. The first-order chi connectivity index (χ1) is 15.0. The topological polar surface area (TPSA) is 59.8 Å². The van der Waals surface area contributed by atoms with E-state index in [0.717, 1.165) is 39.6 Å². The van der Waals surface area contributed by atoms with Crippen LogP contribution in [-0.2, 0) is 13.0 Å².